The van der Waals surface area contributed by atoms with Crippen LogP contribution in [-0.2, 0) is 11.8 Å². The molecule has 1 aromatic rings. The molecule has 6 rings (SSSR count). The van der Waals surface area contributed by atoms with E-state index in [0.717, 1.165) is 43.9 Å². The minimum absolute atomic E-state index is 0.0352. The van der Waals surface area contributed by atoms with Gasteiger partial charge in [-0.2, -0.15) is 0 Å². The van der Waals surface area contributed by atoms with Gasteiger partial charge in [-0.25, -0.2) is 0 Å². The van der Waals surface area contributed by atoms with Gasteiger partial charge in [0.15, 0.2) is 0 Å². The van der Waals surface area contributed by atoms with Gasteiger partial charge in [-0.3, -0.25) is 4.90 Å². The normalized spacial score (nSPS) is 41.4. The largest absolute Gasteiger partial charge is 0.484 e. The van der Waals surface area contributed by atoms with Gasteiger partial charge in [-0.1, -0.05) is 18.7 Å². The van der Waals surface area contributed by atoms with Crippen LogP contribution in [0.3, 0.4) is 0 Å². The fourth-order valence-electron chi connectivity index (χ4n) is 6.54. The third kappa shape index (κ3) is 1.61. The van der Waals surface area contributed by atoms with Gasteiger partial charge < -0.3 is 9.84 Å². The van der Waals surface area contributed by atoms with Crippen LogP contribution in [0, 0.1) is 12.8 Å². The third-order valence-electron chi connectivity index (χ3n) is 7.93. The fourth-order valence-corrected chi connectivity index (χ4v) is 6.54. The SMILES string of the molecule is C=C1CCC2(O)C3Cc4ccc(C)c5c4[C@@]2(CCN3CC2CC2)[C@H]1O5. The monoisotopic (exact) mass is 337 g/mol. The molecule has 2 aliphatic heterocycles. The summed E-state index contributed by atoms with van der Waals surface area (Å²) in [6.07, 6.45) is 6.40. The van der Waals surface area contributed by atoms with Gasteiger partial charge >= 0.3 is 0 Å². The van der Waals surface area contributed by atoms with Crippen LogP contribution in [0.15, 0.2) is 24.3 Å². The molecule has 0 aromatic heterocycles. The van der Waals surface area contributed by atoms with E-state index in [9.17, 15) is 5.11 Å². The van der Waals surface area contributed by atoms with Crippen LogP contribution < -0.4 is 4.74 Å². The Morgan fingerprint density at radius 3 is 2.96 bits per heavy atom. The molecule has 25 heavy (non-hydrogen) atoms. The molecule has 3 aliphatic carbocycles. The number of ether oxygens (including phenoxy) is 1. The van der Waals surface area contributed by atoms with Crippen molar-refractivity contribution in [3.63, 3.8) is 0 Å². The number of aryl methyl sites for hydroxylation is 1. The topological polar surface area (TPSA) is 32.7 Å². The zero-order valence-electron chi connectivity index (χ0n) is 15.1. The van der Waals surface area contributed by atoms with Crippen molar-refractivity contribution >= 4 is 0 Å². The van der Waals surface area contributed by atoms with Crippen molar-refractivity contribution in [2.75, 3.05) is 13.1 Å². The van der Waals surface area contributed by atoms with Crippen LogP contribution in [-0.4, -0.2) is 40.8 Å². The lowest BCUT2D eigenvalue weighted by atomic mass is 9.48. The summed E-state index contributed by atoms with van der Waals surface area (Å²) >= 11 is 0. The highest BCUT2D eigenvalue weighted by atomic mass is 16.5. The van der Waals surface area contributed by atoms with E-state index in [-0.39, 0.29) is 17.6 Å². The zero-order chi connectivity index (χ0) is 17.0. The van der Waals surface area contributed by atoms with E-state index >= 15 is 0 Å². The summed E-state index contributed by atoms with van der Waals surface area (Å²) in [5, 5.41) is 12.2. The van der Waals surface area contributed by atoms with Crippen LogP contribution in [0.25, 0.3) is 0 Å². The predicted molar refractivity (Wildman–Crippen MR) is 97.0 cm³/mol. The van der Waals surface area contributed by atoms with Crippen molar-refractivity contribution in [3.05, 3.63) is 41.0 Å². The molecule has 2 unspecified atom stereocenters. The minimum atomic E-state index is -0.669. The summed E-state index contributed by atoms with van der Waals surface area (Å²) < 4.78 is 6.54. The quantitative estimate of drug-likeness (QED) is 0.842. The molecule has 132 valence electrons. The average Bonchev–Trinajstić information content (AvgIpc) is 3.32. The molecule has 3 nitrogen and oxygen atoms in total. The number of benzene rings is 1. The molecule has 3 fully saturated rings. The Hall–Kier alpha value is -1.32. The van der Waals surface area contributed by atoms with E-state index in [4.69, 9.17) is 4.74 Å². The summed E-state index contributed by atoms with van der Waals surface area (Å²) in [5.41, 5.74) is 4.20. The molecule has 3 heteroatoms. The molecule has 0 amide bonds. The Morgan fingerprint density at radius 1 is 1.32 bits per heavy atom. The fraction of sp³-hybridized carbons (Fsp3) is 0.636. The molecule has 2 heterocycles. The molecule has 1 aromatic carbocycles. The first-order valence-electron chi connectivity index (χ1n) is 9.98. The molecule has 2 bridgehead atoms. The molecular weight excluding hydrogens is 310 g/mol. The Bertz CT molecular complexity index is 797. The van der Waals surface area contributed by atoms with Crippen LogP contribution in [0.5, 0.6) is 5.75 Å². The van der Waals surface area contributed by atoms with Crippen LogP contribution in [0.1, 0.15) is 48.8 Å². The number of hydrogen-bond acceptors (Lipinski definition) is 3. The van der Waals surface area contributed by atoms with Crippen molar-refractivity contribution < 1.29 is 9.84 Å². The highest BCUT2D eigenvalue weighted by molar-refractivity contribution is 5.61. The maximum Gasteiger partial charge on any atom is 0.132 e. The summed E-state index contributed by atoms with van der Waals surface area (Å²) in [4.78, 5) is 2.62. The standard InChI is InChI=1S/C22H27NO2/c1-13-3-6-16-11-17-22(24)8-7-14(2)20-21(22,18(16)19(13)25-20)9-10-23(17)12-15-4-5-15/h3,6,15,17,20,24H,2,4-5,7-12H2,1H3/t17?,20-,21-,22?/m0/s1. The smallest absolute Gasteiger partial charge is 0.132 e. The number of piperidine rings is 1. The lowest BCUT2D eigenvalue weighted by Gasteiger charge is -2.63. The van der Waals surface area contributed by atoms with E-state index in [1.165, 1.54) is 41.6 Å². The van der Waals surface area contributed by atoms with Crippen LogP contribution >= 0.6 is 0 Å². The Balaban J connectivity index is 1.58. The van der Waals surface area contributed by atoms with E-state index < -0.39 is 5.60 Å². The molecule has 1 spiro atoms. The molecule has 1 saturated heterocycles. The Kier molecular flexibility index (Phi) is 2.66. The summed E-state index contributed by atoms with van der Waals surface area (Å²) in [6, 6.07) is 4.74. The first-order chi connectivity index (χ1) is 12.0. The zero-order valence-corrected chi connectivity index (χ0v) is 15.1. The number of likely N-dealkylation sites (tertiary alicyclic amines) is 1. The van der Waals surface area contributed by atoms with Crippen molar-refractivity contribution in [1.29, 1.82) is 0 Å². The van der Waals surface area contributed by atoms with Gasteiger partial charge in [-0.15, -0.1) is 0 Å². The summed E-state index contributed by atoms with van der Waals surface area (Å²) in [6.45, 7) is 8.75. The van der Waals surface area contributed by atoms with Crippen molar-refractivity contribution in [3.8, 4) is 5.75 Å². The van der Waals surface area contributed by atoms with Gasteiger partial charge in [0.05, 0.1) is 11.0 Å². The highest BCUT2D eigenvalue weighted by Gasteiger charge is 2.71. The van der Waals surface area contributed by atoms with E-state index in [2.05, 4.69) is 30.5 Å². The van der Waals surface area contributed by atoms with Gasteiger partial charge in [0.25, 0.3) is 0 Å². The summed E-state index contributed by atoms with van der Waals surface area (Å²) in [5.74, 6) is 1.92. The molecule has 0 radical (unpaired) electrons. The average molecular weight is 337 g/mol. The molecule has 5 aliphatic rings. The Morgan fingerprint density at radius 2 is 2.16 bits per heavy atom. The lowest BCUT2D eigenvalue weighted by molar-refractivity contribution is -0.174. The molecule has 2 saturated carbocycles. The first-order valence-corrected chi connectivity index (χ1v) is 9.98. The van der Waals surface area contributed by atoms with E-state index in [0.29, 0.717) is 0 Å². The second-order valence-corrected chi connectivity index (χ2v) is 9.21. The predicted octanol–water partition coefficient (Wildman–Crippen LogP) is 3.12. The molecule has 4 atom stereocenters. The maximum atomic E-state index is 12.2. The van der Waals surface area contributed by atoms with Crippen LogP contribution in [0.4, 0.5) is 0 Å². The van der Waals surface area contributed by atoms with Crippen molar-refractivity contribution in [2.45, 2.75) is 68.6 Å². The van der Waals surface area contributed by atoms with Gasteiger partial charge in [0.1, 0.15) is 11.9 Å². The first kappa shape index (κ1) is 14.8. The minimum Gasteiger partial charge on any atom is -0.484 e. The van der Waals surface area contributed by atoms with Crippen molar-refractivity contribution in [1.82, 2.24) is 4.90 Å². The molecular formula is C22H27NO2. The van der Waals surface area contributed by atoms with Gasteiger partial charge in [-0.05, 0) is 74.6 Å². The number of nitrogens with zero attached hydrogens (tertiary/aromatic N) is 1. The lowest BCUT2D eigenvalue weighted by Crippen LogP contribution is -2.75. The molecule has 1 N–H and O–H groups in total. The highest BCUT2D eigenvalue weighted by Crippen LogP contribution is 2.65. The Labute approximate surface area is 149 Å². The second-order valence-electron chi connectivity index (χ2n) is 9.21. The maximum absolute atomic E-state index is 12.2. The van der Waals surface area contributed by atoms with Gasteiger partial charge in [0.2, 0.25) is 0 Å². The number of aliphatic hydroxyl groups is 1. The van der Waals surface area contributed by atoms with Crippen molar-refractivity contribution in [2.24, 2.45) is 5.92 Å². The van der Waals surface area contributed by atoms with Crippen LogP contribution in [0.2, 0.25) is 0 Å². The van der Waals surface area contributed by atoms with Gasteiger partial charge in [0, 0.05) is 18.2 Å². The second kappa shape index (κ2) is 4.50. The summed E-state index contributed by atoms with van der Waals surface area (Å²) in [7, 11) is 0. The van der Waals surface area contributed by atoms with E-state index in [1.54, 1.807) is 0 Å². The number of rotatable bonds is 2. The van der Waals surface area contributed by atoms with E-state index in [1.807, 2.05) is 0 Å². The third-order valence-corrected chi connectivity index (χ3v) is 7.93. The number of hydrogen-bond donors (Lipinski definition) is 1.